The lowest BCUT2D eigenvalue weighted by molar-refractivity contribution is -0.115. The fourth-order valence-corrected chi connectivity index (χ4v) is 2.77. The predicted octanol–water partition coefficient (Wildman–Crippen LogP) is 3.38. The molecule has 0 saturated heterocycles. The Labute approximate surface area is 148 Å². The van der Waals surface area contributed by atoms with Crippen LogP contribution in [0.2, 0.25) is 0 Å². The Kier molecular flexibility index (Phi) is 6.46. The highest BCUT2D eigenvalue weighted by atomic mass is 32.2. The number of amides is 2. The van der Waals surface area contributed by atoms with Crippen LogP contribution in [0.4, 0.5) is 14.5 Å². The van der Waals surface area contributed by atoms with Crippen LogP contribution in [0, 0.1) is 13.8 Å². The number of alkyl halides is 2. The molecule has 0 aliphatic rings. The van der Waals surface area contributed by atoms with Crippen molar-refractivity contribution in [2.24, 2.45) is 0 Å². The first-order valence-corrected chi connectivity index (χ1v) is 8.30. The zero-order valence-electron chi connectivity index (χ0n) is 13.7. The topological polar surface area (TPSA) is 71.1 Å². The van der Waals surface area contributed by atoms with Crippen molar-refractivity contribution in [3.05, 3.63) is 53.2 Å². The van der Waals surface area contributed by atoms with E-state index < -0.39 is 17.6 Å². The Morgan fingerprint density at radius 1 is 1.16 bits per heavy atom. The lowest BCUT2D eigenvalue weighted by atomic mass is 10.1. The third-order valence-electron chi connectivity index (χ3n) is 3.37. The molecule has 0 aliphatic carbocycles. The van der Waals surface area contributed by atoms with Crippen molar-refractivity contribution in [2.45, 2.75) is 24.6 Å². The molecular formula is C17H17F2N3O2S. The first kappa shape index (κ1) is 18.9. The van der Waals surface area contributed by atoms with Gasteiger partial charge in [-0.15, -0.1) is 0 Å². The number of hydrogen-bond donors (Lipinski definition) is 2. The Hall–Kier alpha value is -2.48. The van der Waals surface area contributed by atoms with Gasteiger partial charge in [-0.1, -0.05) is 18.2 Å². The molecular weight excluding hydrogens is 348 g/mol. The number of hydrogen-bond acceptors (Lipinski definition) is 4. The number of thioether (sulfide) groups is 1. The zero-order chi connectivity index (χ0) is 18.4. The van der Waals surface area contributed by atoms with Crippen LogP contribution in [0.5, 0.6) is 0 Å². The Morgan fingerprint density at radius 2 is 1.84 bits per heavy atom. The molecule has 0 saturated carbocycles. The summed E-state index contributed by atoms with van der Waals surface area (Å²) in [6.45, 7) is 3.45. The number of nitrogens with zero attached hydrogens (tertiary/aromatic N) is 1. The van der Waals surface area contributed by atoms with E-state index in [-0.39, 0.29) is 28.9 Å². The Morgan fingerprint density at radius 3 is 2.48 bits per heavy atom. The molecule has 1 heterocycles. The van der Waals surface area contributed by atoms with Gasteiger partial charge in [-0.25, -0.2) is 4.98 Å². The van der Waals surface area contributed by atoms with Gasteiger partial charge in [0, 0.05) is 11.9 Å². The summed E-state index contributed by atoms with van der Waals surface area (Å²) >= 11 is 0.188. The Balaban J connectivity index is 1.99. The van der Waals surface area contributed by atoms with E-state index in [1.165, 1.54) is 18.3 Å². The van der Waals surface area contributed by atoms with Gasteiger partial charge in [-0.2, -0.15) is 8.78 Å². The number of carbonyl (C=O) groups excluding carboxylic acids is 2. The van der Waals surface area contributed by atoms with Crippen LogP contribution in [0.15, 0.2) is 41.6 Å². The lowest BCUT2D eigenvalue weighted by Gasteiger charge is -2.12. The maximum Gasteiger partial charge on any atom is 0.290 e. The van der Waals surface area contributed by atoms with Crippen molar-refractivity contribution in [1.29, 1.82) is 0 Å². The minimum Gasteiger partial charge on any atom is -0.343 e. The van der Waals surface area contributed by atoms with Gasteiger partial charge in [0.15, 0.2) is 0 Å². The summed E-state index contributed by atoms with van der Waals surface area (Å²) in [6.07, 6.45) is 1.33. The van der Waals surface area contributed by atoms with Crippen molar-refractivity contribution in [3.8, 4) is 0 Å². The SMILES string of the molecule is Cc1cccc(C)c1NC(=O)CNC(=O)c1cccnc1SC(F)F. The molecule has 2 N–H and O–H groups in total. The molecule has 0 bridgehead atoms. The van der Waals surface area contributed by atoms with Crippen LogP contribution in [0.1, 0.15) is 21.5 Å². The average Bonchev–Trinajstić information content (AvgIpc) is 2.56. The number of rotatable bonds is 6. The Bertz CT molecular complexity index is 764. The maximum absolute atomic E-state index is 12.5. The standard InChI is InChI=1S/C17H17F2N3O2S/c1-10-5-3-6-11(2)14(10)22-13(23)9-21-15(24)12-7-4-8-20-16(12)25-17(18)19/h3-8,17H,9H2,1-2H3,(H,21,24)(H,22,23). The van der Waals surface area contributed by atoms with Crippen molar-refractivity contribution >= 4 is 29.3 Å². The highest BCUT2D eigenvalue weighted by Crippen LogP contribution is 2.26. The largest absolute Gasteiger partial charge is 0.343 e. The fourth-order valence-electron chi connectivity index (χ4n) is 2.19. The summed E-state index contributed by atoms with van der Waals surface area (Å²) in [6, 6.07) is 8.47. The van der Waals surface area contributed by atoms with E-state index >= 15 is 0 Å². The molecule has 2 rings (SSSR count). The van der Waals surface area contributed by atoms with E-state index in [2.05, 4.69) is 15.6 Å². The molecule has 5 nitrogen and oxygen atoms in total. The summed E-state index contributed by atoms with van der Waals surface area (Å²) in [5, 5.41) is 5.08. The van der Waals surface area contributed by atoms with Crippen LogP contribution in [0.25, 0.3) is 0 Å². The molecule has 2 amide bonds. The summed E-state index contributed by atoms with van der Waals surface area (Å²) < 4.78 is 25.0. The van der Waals surface area contributed by atoms with Crippen LogP contribution >= 0.6 is 11.8 Å². The monoisotopic (exact) mass is 365 g/mol. The van der Waals surface area contributed by atoms with E-state index in [9.17, 15) is 18.4 Å². The molecule has 0 fully saturated rings. The second kappa shape index (κ2) is 8.57. The zero-order valence-corrected chi connectivity index (χ0v) is 14.5. The number of carbonyl (C=O) groups is 2. The van der Waals surface area contributed by atoms with E-state index in [1.54, 1.807) is 0 Å². The van der Waals surface area contributed by atoms with E-state index in [4.69, 9.17) is 0 Å². The highest BCUT2D eigenvalue weighted by Gasteiger charge is 2.17. The minimum atomic E-state index is -2.69. The van der Waals surface area contributed by atoms with Gasteiger partial charge in [0.1, 0.15) is 5.03 Å². The van der Waals surface area contributed by atoms with Gasteiger partial charge >= 0.3 is 0 Å². The van der Waals surface area contributed by atoms with Crippen molar-refractivity contribution in [1.82, 2.24) is 10.3 Å². The van der Waals surface area contributed by atoms with Crippen LogP contribution < -0.4 is 10.6 Å². The molecule has 2 aromatic rings. The normalized spacial score (nSPS) is 10.6. The molecule has 0 spiro atoms. The third kappa shape index (κ3) is 5.25. The second-order valence-electron chi connectivity index (χ2n) is 5.23. The number of para-hydroxylation sites is 1. The van der Waals surface area contributed by atoms with Crippen molar-refractivity contribution in [3.63, 3.8) is 0 Å². The predicted molar refractivity (Wildman–Crippen MR) is 93.0 cm³/mol. The van der Waals surface area contributed by atoms with Gasteiger partial charge in [-0.05, 0) is 48.9 Å². The van der Waals surface area contributed by atoms with Crippen molar-refractivity contribution in [2.75, 3.05) is 11.9 Å². The number of benzene rings is 1. The van der Waals surface area contributed by atoms with Crippen LogP contribution in [-0.4, -0.2) is 29.1 Å². The summed E-state index contributed by atoms with van der Waals surface area (Å²) in [7, 11) is 0. The number of aromatic nitrogens is 1. The first-order chi connectivity index (χ1) is 11.9. The molecule has 0 unspecified atom stereocenters. The molecule has 132 valence electrons. The summed E-state index contributed by atoms with van der Waals surface area (Å²) in [5.41, 5.74) is 2.51. The molecule has 25 heavy (non-hydrogen) atoms. The smallest absolute Gasteiger partial charge is 0.290 e. The molecule has 8 heteroatoms. The number of anilines is 1. The van der Waals surface area contributed by atoms with Gasteiger partial charge in [0.2, 0.25) is 5.91 Å². The third-order valence-corrected chi connectivity index (χ3v) is 4.10. The maximum atomic E-state index is 12.5. The quantitative estimate of drug-likeness (QED) is 0.770. The van der Waals surface area contributed by atoms with E-state index in [0.717, 1.165) is 11.1 Å². The molecule has 1 aromatic heterocycles. The summed E-state index contributed by atoms with van der Waals surface area (Å²) in [5.74, 6) is -3.72. The fraction of sp³-hybridized carbons (Fsp3) is 0.235. The lowest BCUT2D eigenvalue weighted by Crippen LogP contribution is -2.33. The average molecular weight is 365 g/mol. The number of pyridine rings is 1. The van der Waals surface area contributed by atoms with E-state index in [0.29, 0.717) is 5.69 Å². The number of aryl methyl sites for hydroxylation is 2. The number of nitrogens with one attached hydrogen (secondary N) is 2. The highest BCUT2D eigenvalue weighted by molar-refractivity contribution is 7.99. The van der Waals surface area contributed by atoms with Crippen molar-refractivity contribution < 1.29 is 18.4 Å². The molecule has 0 atom stereocenters. The van der Waals surface area contributed by atoms with Crippen LogP contribution in [0.3, 0.4) is 0 Å². The molecule has 1 aromatic carbocycles. The van der Waals surface area contributed by atoms with E-state index in [1.807, 2.05) is 32.0 Å². The van der Waals surface area contributed by atoms with Gasteiger partial charge in [-0.3, -0.25) is 9.59 Å². The molecule has 0 radical (unpaired) electrons. The number of halogens is 2. The van der Waals surface area contributed by atoms with Gasteiger partial charge in [0.05, 0.1) is 12.1 Å². The van der Waals surface area contributed by atoms with Crippen LogP contribution in [-0.2, 0) is 4.79 Å². The summed E-state index contributed by atoms with van der Waals surface area (Å²) in [4.78, 5) is 28.0. The first-order valence-electron chi connectivity index (χ1n) is 7.42. The molecule has 0 aliphatic heterocycles. The minimum absolute atomic E-state index is 0.00710. The van der Waals surface area contributed by atoms with Gasteiger partial charge < -0.3 is 10.6 Å². The van der Waals surface area contributed by atoms with Gasteiger partial charge in [0.25, 0.3) is 11.7 Å². The second-order valence-corrected chi connectivity index (χ2v) is 6.21.